The van der Waals surface area contributed by atoms with Crippen LogP contribution in [0.3, 0.4) is 0 Å². The predicted molar refractivity (Wildman–Crippen MR) is 61.8 cm³/mol. The van der Waals surface area contributed by atoms with Crippen molar-refractivity contribution in [1.29, 1.82) is 0 Å². The lowest BCUT2D eigenvalue weighted by Gasteiger charge is -2.28. The molecule has 2 N–H and O–H groups in total. The van der Waals surface area contributed by atoms with Gasteiger partial charge in [-0.2, -0.15) is 0 Å². The molecule has 88 valence electrons. The first-order chi connectivity index (χ1) is 7.15. The molecular formula is C11H23N3O. The van der Waals surface area contributed by atoms with E-state index in [1.165, 1.54) is 0 Å². The topological polar surface area (TPSA) is 44.4 Å². The molecule has 1 rings (SSSR count). The molecule has 1 aliphatic rings. The lowest BCUT2D eigenvalue weighted by molar-refractivity contribution is -0.125. The fourth-order valence-corrected chi connectivity index (χ4v) is 2.06. The van der Waals surface area contributed by atoms with E-state index in [1.807, 2.05) is 14.0 Å². The average molecular weight is 213 g/mol. The fraction of sp³-hybridized carbons (Fsp3) is 0.909. The van der Waals surface area contributed by atoms with E-state index in [1.54, 1.807) is 0 Å². The number of hydrogen-bond acceptors (Lipinski definition) is 3. The predicted octanol–water partition coefficient (Wildman–Crippen LogP) is 0.0523. The zero-order valence-electron chi connectivity index (χ0n) is 10.0. The van der Waals surface area contributed by atoms with Crippen molar-refractivity contribution in [3.8, 4) is 0 Å². The summed E-state index contributed by atoms with van der Waals surface area (Å²) in [5, 5.41) is 6.10. The van der Waals surface area contributed by atoms with Crippen LogP contribution in [0.1, 0.15) is 20.3 Å². The first-order valence-electron chi connectivity index (χ1n) is 5.81. The van der Waals surface area contributed by atoms with Gasteiger partial charge in [0.2, 0.25) is 5.91 Å². The van der Waals surface area contributed by atoms with Gasteiger partial charge in [-0.05, 0) is 32.9 Å². The normalized spacial score (nSPS) is 25.8. The summed E-state index contributed by atoms with van der Waals surface area (Å²) >= 11 is 0. The van der Waals surface area contributed by atoms with Crippen LogP contribution in [0.5, 0.6) is 0 Å². The minimum Gasteiger partial charge on any atom is -0.355 e. The maximum absolute atomic E-state index is 11.6. The van der Waals surface area contributed by atoms with E-state index in [0.717, 1.165) is 32.6 Å². The maximum Gasteiger partial charge on any atom is 0.237 e. The van der Waals surface area contributed by atoms with E-state index in [-0.39, 0.29) is 11.9 Å². The smallest absolute Gasteiger partial charge is 0.237 e. The van der Waals surface area contributed by atoms with Gasteiger partial charge in [0.1, 0.15) is 0 Å². The van der Waals surface area contributed by atoms with Crippen LogP contribution in [0, 0.1) is 5.92 Å². The molecule has 0 aromatic heterocycles. The van der Waals surface area contributed by atoms with Crippen molar-refractivity contribution in [2.45, 2.75) is 26.3 Å². The molecule has 0 saturated carbocycles. The molecule has 0 aliphatic carbocycles. The molecule has 1 heterocycles. The van der Waals surface area contributed by atoms with E-state index >= 15 is 0 Å². The number of nitrogens with one attached hydrogen (secondary N) is 2. The van der Waals surface area contributed by atoms with Crippen LogP contribution in [0.15, 0.2) is 0 Å². The Bertz CT molecular complexity index is 208. The Labute approximate surface area is 92.4 Å². The molecule has 0 aromatic rings. The first-order valence-corrected chi connectivity index (χ1v) is 5.81. The van der Waals surface area contributed by atoms with Gasteiger partial charge in [0.05, 0.1) is 6.04 Å². The molecule has 0 spiro atoms. The van der Waals surface area contributed by atoms with Crippen LogP contribution in [0.25, 0.3) is 0 Å². The highest BCUT2D eigenvalue weighted by Gasteiger charge is 2.24. The van der Waals surface area contributed by atoms with Crippen LogP contribution < -0.4 is 10.6 Å². The van der Waals surface area contributed by atoms with Crippen molar-refractivity contribution in [1.82, 2.24) is 15.5 Å². The third kappa shape index (κ3) is 3.80. The molecule has 1 aliphatic heterocycles. The van der Waals surface area contributed by atoms with Crippen molar-refractivity contribution in [2.24, 2.45) is 5.92 Å². The molecule has 1 fully saturated rings. The van der Waals surface area contributed by atoms with Crippen LogP contribution >= 0.6 is 0 Å². The van der Waals surface area contributed by atoms with Crippen LogP contribution in [0.4, 0.5) is 0 Å². The van der Waals surface area contributed by atoms with E-state index in [9.17, 15) is 4.79 Å². The van der Waals surface area contributed by atoms with Crippen molar-refractivity contribution >= 4 is 5.91 Å². The summed E-state index contributed by atoms with van der Waals surface area (Å²) in [6, 6.07) is 0.0202. The molecule has 0 radical (unpaired) electrons. The molecule has 1 amide bonds. The molecule has 4 heteroatoms. The summed E-state index contributed by atoms with van der Waals surface area (Å²) in [6.45, 7) is 8.05. The number of rotatable bonds is 4. The van der Waals surface area contributed by atoms with Gasteiger partial charge in [0.25, 0.3) is 0 Å². The van der Waals surface area contributed by atoms with Gasteiger partial charge < -0.3 is 10.6 Å². The third-order valence-electron chi connectivity index (χ3n) is 2.95. The van der Waals surface area contributed by atoms with Gasteiger partial charge in [0.15, 0.2) is 0 Å². The second-order valence-electron chi connectivity index (χ2n) is 4.48. The quantitative estimate of drug-likeness (QED) is 0.694. The number of nitrogens with zero attached hydrogens (tertiary/aromatic N) is 1. The summed E-state index contributed by atoms with van der Waals surface area (Å²) in [7, 11) is 1.97. The number of amides is 1. The zero-order chi connectivity index (χ0) is 11.3. The third-order valence-corrected chi connectivity index (χ3v) is 2.95. The Morgan fingerprint density at radius 1 is 1.67 bits per heavy atom. The van der Waals surface area contributed by atoms with Gasteiger partial charge in [-0.25, -0.2) is 0 Å². The summed E-state index contributed by atoms with van der Waals surface area (Å²) in [5.74, 6) is 0.757. The molecule has 2 unspecified atom stereocenters. The van der Waals surface area contributed by atoms with Gasteiger partial charge in [0, 0.05) is 19.6 Å². The average Bonchev–Trinajstić information content (AvgIpc) is 2.34. The monoisotopic (exact) mass is 213 g/mol. The Balaban J connectivity index is 2.46. The molecule has 4 nitrogen and oxygen atoms in total. The Kier molecular flexibility index (Phi) is 5.05. The Hall–Kier alpha value is -0.610. The summed E-state index contributed by atoms with van der Waals surface area (Å²) in [6.07, 6.45) is 1.06. The van der Waals surface area contributed by atoms with Gasteiger partial charge in [-0.15, -0.1) is 0 Å². The van der Waals surface area contributed by atoms with Gasteiger partial charge in [-0.3, -0.25) is 9.69 Å². The second kappa shape index (κ2) is 6.08. The summed E-state index contributed by atoms with van der Waals surface area (Å²) < 4.78 is 0. The maximum atomic E-state index is 11.6. The largest absolute Gasteiger partial charge is 0.355 e. The standard InChI is InChI=1S/C11H23N3O/c1-9(7-12-3)8-14-6-4-5-13-11(15)10(14)2/h9-10,12H,4-8H2,1-3H3,(H,13,15). The lowest BCUT2D eigenvalue weighted by Crippen LogP contribution is -2.44. The molecular weight excluding hydrogens is 190 g/mol. The highest BCUT2D eigenvalue weighted by atomic mass is 16.2. The van der Waals surface area contributed by atoms with E-state index in [0.29, 0.717) is 5.92 Å². The molecule has 0 bridgehead atoms. The minimum atomic E-state index is 0.0202. The number of carbonyl (C=O) groups excluding carboxylic acids is 1. The number of carbonyl (C=O) groups is 1. The fourth-order valence-electron chi connectivity index (χ4n) is 2.06. The van der Waals surface area contributed by atoms with Crippen molar-refractivity contribution in [3.05, 3.63) is 0 Å². The summed E-state index contributed by atoms with van der Waals surface area (Å²) in [4.78, 5) is 13.9. The Morgan fingerprint density at radius 2 is 2.40 bits per heavy atom. The van der Waals surface area contributed by atoms with Crippen molar-refractivity contribution in [2.75, 3.05) is 33.2 Å². The molecule has 0 aromatic carbocycles. The second-order valence-corrected chi connectivity index (χ2v) is 4.48. The summed E-state index contributed by atoms with van der Waals surface area (Å²) in [5.41, 5.74) is 0. The number of hydrogen-bond donors (Lipinski definition) is 2. The highest BCUT2D eigenvalue weighted by molar-refractivity contribution is 5.81. The van der Waals surface area contributed by atoms with E-state index < -0.39 is 0 Å². The SMILES string of the molecule is CNCC(C)CN1CCCNC(=O)C1C. The van der Waals surface area contributed by atoms with Gasteiger partial charge in [-0.1, -0.05) is 6.92 Å². The zero-order valence-corrected chi connectivity index (χ0v) is 10.0. The van der Waals surface area contributed by atoms with Crippen LogP contribution in [0.2, 0.25) is 0 Å². The molecule has 1 saturated heterocycles. The lowest BCUT2D eigenvalue weighted by atomic mass is 10.1. The molecule has 15 heavy (non-hydrogen) atoms. The van der Waals surface area contributed by atoms with Gasteiger partial charge >= 0.3 is 0 Å². The van der Waals surface area contributed by atoms with Crippen molar-refractivity contribution in [3.63, 3.8) is 0 Å². The Morgan fingerprint density at radius 3 is 3.07 bits per heavy atom. The van der Waals surface area contributed by atoms with Crippen LogP contribution in [-0.4, -0.2) is 50.1 Å². The van der Waals surface area contributed by atoms with Crippen molar-refractivity contribution < 1.29 is 4.79 Å². The van der Waals surface area contributed by atoms with E-state index in [4.69, 9.17) is 0 Å². The first kappa shape index (κ1) is 12.5. The highest BCUT2D eigenvalue weighted by Crippen LogP contribution is 2.08. The molecule has 2 atom stereocenters. The van der Waals surface area contributed by atoms with E-state index in [2.05, 4.69) is 22.5 Å². The van der Waals surface area contributed by atoms with Crippen LogP contribution in [-0.2, 0) is 4.79 Å². The minimum absolute atomic E-state index is 0.0202.